The van der Waals surface area contributed by atoms with Crippen molar-refractivity contribution in [2.75, 3.05) is 11.6 Å². The minimum absolute atomic E-state index is 0.113. The summed E-state index contributed by atoms with van der Waals surface area (Å²) in [4.78, 5) is 17.7. The van der Waals surface area contributed by atoms with Gasteiger partial charge < -0.3 is 10.2 Å². The second kappa shape index (κ2) is 6.87. The number of hydrogen-bond acceptors (Lipinski definition) is 5. The van der Waals surface area contributed by atoms with Crippen LogP contribution in [-0.2, 0) is 19.5 Å². The zero-order valence-electron chi connectivity index (χ0n) is 14.2. The highest BCUT2D eigenvalue weighted by Crippen LogP contribution is 2.23. The monoisotopic (exact) mass is 376 g/mol. The Kier molecular flexibility index (Phi) is 4.78. The van der Waals surface area contributed by atoms with Gasteiger partial charge in [-0.3, -0.25) is 4.79 Å². The summed E-state index contributed by atoms with van der Waals surface area (Å²) in [5.74, 6) is -0.847. The smallest absolute Gasteiger partial charge is 0.268 e. The summed E-state index contributed by atoms with van der Waals surface area (Å²) in [6, 6.07) is 10.4. The average Bonchev–Trinajstić information content (AvgIpc) is 3.06. The third-order valence-electron chi connectivity index (χ3n) is 4.01. The van der Waals surface area contributed by atoms with Gasteiger partial charge in [0, 0.05) is 23.9 Å². The number of oxime groups is 1. The summed E-state index contributed by atoms with van der Waals surface area (Å²) in [6.07, 6.45) is 0.428. The molecule has 26 heavy (non-hydrogen) atoms. The summed E-state index contributed by atoms with van der Waals surface area (Å²) in [5, 5.41) is 6.54. The summed E-state index contributed by atoms with van der Waals surface area (Å²) < 4.78 is 36.7. The molecule has 0 unspecified atom stereocenters. The van der Waals surface area contributed by atoms with E-state index in [-0.39, 0.29) is 11.3 Å². The molecule has 6 nitrogen and oxygen atoms in total. The maximum absolute atomic E-state index is 13.3. The SMILES string of the molecule is Cc1ccc(S(C)(=O)=O)cc1NC(=O)[C@@H]1CC(c2cccc(F)c2)=NO1. The molecule has 1 amide bonds. The number of amides is 1. The van der Waals surface area contributed by atoms with Crippen LogP contribution in [0.2, 0.25) is 0 Å². The van der Waals surface area contributed by atoms with Gasteiger partial charge in [-0.05, 0) is 36.8 Å². The van der Waals surface area contributed by atoms with Gasteiger partial charge in [0.2, 0.25) is 6.10 Å². The number of hydrogen-bond donors (Lipinski definition) is 1. The minimum Gasteiger partial charge on any atom is -0.382 e. The third kappa shape index (κ3) is 3.91. The van der Waals surface area contributed by atoms with Gasteiger partial charge in [-0.2, -0.15) is 0 Å². The van der Waals surface area contributed by atoms with Crippen molar-refractivity contribution >= 4 is 27.1 Å². The number of carbonyl (C=O) groups is 1. The predicted octanol–water partition coefficient (Wildman–Crippen LogP) is 2.67. The molecule has 0 aliphatic carbocycles. The lowest BCUT2D eigenvalue weighted by Crippen LogP contribution is -2.28. The molecule has 8 heteroatoms. The summed E-state index contributed by atoms with van der Waals surface area (Å²) in [6.45, 7) is 1.76. The summed E-state index contributed by atoms with van der Waals surface area (Å²) >= 11 is 0. The van der Waals surface area contributed by atoms with E-state index in [9.17, 15) is 17.6 Å². The van der Waals surface area contributed by atoms with Crippen LogP contribution in [0.3, 0.4) is 0 Å². The molecule has 0 aromatic heterocycles. The molecular formula is C18H17FN2O4S. The van der Waals surface area contributed by atoms with Crippen LogP contribution in [0.5, 0.6) is 0 Å². The van der Waals surface area contributed by atoms with Crippen LogP contribution < -0.4 is 5.32 Å². The van der Waals surface area contributed by atoms with Gasteiger partial charge >= 0.3 is 0 Å². The Morgan fingerprint density at radius 2 is 2.04 bits per heavy atom. The van der Waals surface area contributed by atoms with Crippen molar-refractivity contribution < 1.29 is 22.4 Å². The number of aryl methyl sites for hydroxylation is 1. The number of carbonyl (C=O) groups excluding carboxylic acids is 1. The van der Waals surface area contributed by atoms with Crippen molar-refractivity contribution in [3.63, 3.8) is 0 Å². The van der Waals surface area contributed by atoms with Gasteiger partial charge in [0.1, 0.15) is 5.82 Å². The molecular weight excluding hydrogens is 359 g/mol. The van der Waals surface area contributed by atoms with Crippen LogP contribution >= 0.6 is 0 Å². The van der Waals surface area contributed by atoms with Crippen LogP contribution in [0.25, 0.3) is 0 Å². The Morgan fingerprint density at radius 1 is 1.27 bits per heavy atom. The average molecular weight is 376 g/mol. The van der Waals surface area contributed by atoms with Crippen LogP contribution in [0.15, 0.2) is 52.5 Å². The van der Waals surface area contributed by atoms with Crippen LogP contribution in [0, 0.1) is 12.7 Å². The maximum Gasteiger partial charge on any atom is 0.268 e. The minimum atomic E-state index is -3.39. The predicted molar refractivity (Wildman–Crippen MR) is 95.3 cm³/mol. The van der Waals surface area contributed by atoms with E-state index >= 15 is 0 Å². The first kappa shape index (κ1) is 18.1. The fraction of sp³-hybridized carbons (Fsp3) is 0.222. The van der Waals surface area contributed by atoms with Gasteiger partial charge in [-0.1, -0.05) is 23.4 Å². The molecule has 1 aliphatic rings. The van der Waals surface area contributed by atoms with Gasteiger partial charge in [0.15, 0.2) is 9.84 Å². The zero-order chi connectivity index (χ0) is 18.9. The Balaban J connectivity index is 1.72. The lowest BCUT2D eigenvalue weighted by molar-refractivity contribution is -0.125. The van der Waals surface area contributed by atoms with Crippen molar-refractivity contribution in [1.82, 2.24) is 0 Å². The normalized spacial score (nSPS) is 16.7. The second-order valence-corrected chi connectivity index (χ2v) is 8.10. The van der Waals surface area contributed by atoms with Crippen molar-refractivity contribution in [1.29, 1.82) is 0 Å². The first-order valence-electron chi connectivity index (χ1n) is 7.84. The van der Waals surface area contributed by atoms with Crippen LogP contribution in [-0.4, -0.2) is 32.4 Å². The summed E-state index contributed by atoms with van der Waals surface area (Å²) in [7, 11) is -3.39. The Hall–Kier alpha value is -2.74. The molecule has 3 rings (SSSR count). The quantitative estimate of drug-likeness (QED) is 0.889. The molecule has 2 aromatic carbocycles. The van der Waals surface area contributed by atoms with E-state index in [2.05, 4.69) is 10.5 Å². The molecule has 1 atom stereocenters. The Bertz CT molecular complexity index is 1000. The van der Waals surface area contributed by atoms with E-state index in [0.717, 1.165) is 11.8 Å². The molecule has 0 spiro atoms. The van der Waals surface area contributed by atoms with E-state index in [0.29, 0.717) is 17.0 Å². The lowest BCUT2D eigenvalue weighted by atomic mass is 10.0. The Labute approximate surface area is 150 Å². The van der Waals surface area contributed by atoms with E-state index < -0.39 is 27.7 Å². The largest absolute Gasteiger partial charge is 0.382 e. The van der Waals surface area contributed by atoms with Crippen molar-refractivity contribution in [2.45, 2.75) is 24.3 Å². The van der Waals surface area contributed by atoms with Gasteiger partial charge in [0.25, 0.3) is 5.91 Å². The number of nitrogens with one attached hydrogen (secondary N) is 1. The number of halogens is 1. The number of rotatable bonds is 4. The Morgan fingerprint density at radius 3 is 2.73 bits per heavy atom. The fourth-order valence-corrected chi connectivity index (χ4v) is 3.18. The zero-order valence-corrected chi connectivity index (χ0v) is 15.0. The third-order valence-corrected chi connectivity index (χ3v) is 5.12. The lowest BCUT2D eigenvalue weighted by Gasteiger charge is -2.12. The van der Waals surface area contributed by atoms with E-state index in [1.165, 1.54) is 24.3 Å². The molecule has 0 saturated carbocycles. The number of anilines is 1. The molecule has 2 aromatic rings. The molecule has 0 radical (unpaired) electrons. The van der Waals surface area contributed by atoms with Gasteiger partial charge in [-0.25, -0.2) is 12.8 Å². The summed E-state index contributed by atoms with van der Waals surface area (Å²) in [5.41, 5.74) is 2.14. The van der Waals surface area contributed by atoms with Crippen LogP contribution in [0.1, 0.15) is 17.5 Å². The highest BCUT2D eigenvalue weighted by Gasteiger charge is 2.29. The fourth-order valence-electron chi connectivity index (χ4n) is 2.54. The topological polar surface area (TPSA) is 84.8 Å². The van der Waals surface area contributed by atoms with Gasteiger partial charge in [-0.15, -0.1) is 0 Å². The number of nitrogens with zero attached hydrogens (tertiary/aromatic N) is 1. The molecule has 0 fully saturated rings. The standard InChI is InChI=1S/C18H17FN2O4S/c1-11-6-7-14(26(2,23)24)9-15(11)20-18(22)17-10-16(21-25-17)12-4-3-5-13(19)8-12/h3-9,17H,10H2,1-2H3,(H,20,22)/t17-/m0/s1. The first-order valence-corrected chi connectivity index (χ1v) is 9.73. The van der Waals surface area contributed by atoms with Crippen molar-refractivity contribution in [3.8, 4) is 0 Å². The molecule has 1 N–H and O–H groups in total. The van der Waals surface area contributed by atoms with Gasteiger partial charge in [0.05, 0.1) is 10.6 Å². The van der Waals surface area contributed by atoms with Crippen LogP contribution in [0.4, 0.5) is 10.1 Å². The van der Waals surface area contributed by atoms with E-state index in [1.54, 1.807) is 25.1 Å². The molecule has 1 heterocycles. The maximum atomic E-state index is 13.3. The first-order chi connectivity index (χ1) is 12.2. The van der Waals surface area contributed by atoms with E-state index in [1.807, 2.05) is 0 Å². The van der Waals surface area contributed by atoms with E-state index in [4.69, 9.17) is 4.84 Å². The van der Waals surface area contributed by atoms with Crippen molar-refractivity contribution in [3.05, 3.63) is 59.4 Å². The molecule has 1 aliphatic heterocycles. The number of benzene rings is 2. The molecule has 0 bridgehead atoms. The molecule has 136 valence electrons. The highest BCUT2D eigenvalue weighted by molar-refractivity contribution is 7.90. The second-order valence-electron chi connectivity index (χ2n) is 6.08. The number of sulfone groups is 1. The van der Waals surface area contributed by atoms with Crippen molar-refractivity contribution in [2.24, 2.45) is 5.16 Å². The highest BCUT2D eigenvalue weighted by atomic mass is 32.2. The molecule has 0 saturated heterocycles.